The van der Waals surface area contributed by atoms with Gasteiger partial charge >= 0.3 is 0 Å². The number of aliphatic hydroxyl groups excluding tert-OH is 1. The summed E-state index contributed by atoms with van der Waals surface area (Å²) in [5, 5.41) is 13.6. The van der Waals surface area contributed by atoms with E-state index in [-0.39, 0.29) is 0 Å². The number of rotatable bonds is 7. The molecule has 0 amide bonds. The van der Waals surface area contributed by atoms with E-state index in [0.29, 0.717) is 19.2 Å². The average molecular weight is 303 g/mol. The van der Waals surface area contributed by atoms with Crippen LogP contribution in [0.3, 0.4) is 0 Å². The number of nitrogens with one attached hydrogen (secondary N) is 1. The summed E-state index contributed by atoms with van der Waals surface area (Å²) in [5.41, 5.74) is 1.22. The number of benzene rings is 1. The highest BCUT2D eigenvalue weighted by Gasteiger charge is 2.41. The maximum atomic E-state index is 10.1. The van der Waals surface area contributed by atoms with E-state index in [1.54, 1.807) is 0 Å². The lowest BCUT2D eigenvalue weighted by molar-refractivity contribution is 0.0993. The van der Waals surface area contributed by atoms with E-state index in [1.165, 1.54) is 31.2 Å². The van der Waals surface area contributed by atoms with Crippen molar-refractivity contribution in [3.05, 3.63) is 29.8 Å². The zero-order valence-corrected chi connectivity index (χ0v) is 13.8. The van der Waals surface area contributed by atoms with Crippen molar-refractivity contribution < 1.29 is 9.84 Å². The van der Waals surface area contributed by atoms with Gasteiger partial charge in [0.1, 0.15) is 18.5 Å². The van der Waals surface area contributed by atoms with Gasteiger partial charge in [0.2, 0.25) is 0 Å². The highest BCUT2D eigenvalue weighted by Crippen LogP contribution is 2.49. The van der Waals surface area contributed by atoms with Crippen LogP contribution in [0.15, 0.2) is 24.3 Å². The Hall–Kier alpha value is -1.06. The minimum Gasteiger partial charge on any atom is -0.491 e. The molecule has 22 heavy (non-hydrogen) atoms. The van der Waals surface area contributed by atoms with Crippen LogP contribution in [0.1, 0.15) is 38.2 Å². The predicted molar refractivity (Wildman–Crippen MR) is 89.1 cm³/mol. The van der Waals surface area contributed by atoms with Gasteiger partial charge in [-0.2, -0.15) is 0 Å². The molecule has 1 aromatic carbocycles. The normalized spacial score (nSPS) is 29.5. The Morgan fingerprint density at radius 3 is 2.64 bits per heavy atom. The van der Waals surface area contributed by atoms with Crippen LogP contribution in [-0.4, -0.2) is 30.4 Å². The highest BCUT2D eigenvalue weighted by atomic mass is 16.5. The zero-order chi connectivity index (χ0) is 15.5. The van der Waals surface area contributed by atoms with E-state index in [4.69, 9.17) is 4.74 Å². The number of hydrogen-bond donors (Lipinski definition) is 2. The molecule has 2 aliphatic carbocycles. The molecule has 3 rings (SSSR count). The van der Waals surface area contributed by atoms with Crippen LogP contribution in [0, 0.1) is 24.7 Å². The summed E-state index contributed by atoms with van der Waals surface area (Å²) >= 11 is 0. The standard InChI is InChI=1S/C19H29NO2/c1-13-3-7-18(8-4-13)22-12-17(21)11-20-14(2)19-10-15-5-6-16(19)9-15/h3-4,7-8,14-17,19-21H,5-6,9-12H2,1-2H3/t14-,15+,16+,17+,19-/m0/s1. The van der Waals surface area contributed by atoms with Crippen molar-refractivity contribution in [1.29, 1.82) is 0 Å². The summed E-state index contributed by atoms with van der Waals surface area (Å²) in [6.45, 7) is 5.29. The molecule has 1 aromatic rings. The molecule has 2 saturated carbocycles. The third-order valence-corrected chi connectivity index (χ3v) is 5.57. The summed E-state index contributed by atoms with van der Waals surface area (Å²) in [5.74, 6) is 3.54. The number of aliphatic hydroxyl groups is 1. The number of fused-ring (bicyclic) bond motifs is 2. The Kier molecular flexibility index (Phi) is 5.04. The van der Waals surface area contributed by atoms with Gasteiger partial charge in [-0.05, 0) is 63.0 Å². The SMILES string of the molecule is Cc1ccc(OC[C@H](O)CN[C@@H](C)[C@@H]2C[C@@H]3CC[C@@H]2C3)cc1. The van der Waals surface area contributed by atoms with Crippen LogP contribution in [0.5, 0.6) is 5.75 Å². The number of ether oxygens (including phenoxy) is 1. The van der Waals surface area contributed by atoms with Crippen molar-refractivity contribution in [3.63, 3.8) is 0 Å². The Morgan fingerprint density at radius 1 is 1.23 bits per heavy atom. The van der Waals surface area contributed by atoms with E-state index in [1.807, 2.05) is 24.3 Å². The van der Waals surface area contributed by atoms with Crippen molar-refractivity contribution >= 4 is 0 Å². The molecular weight excluding hydrogens is 274 g/mol. The van der Waals surface area contributed by atoms with Gasteiger partial charge in [0.25, 0.3) is 0 Å². The Bertz CT molecular complexity index is 473. The Morgan fingerprint density at radius 2 is 2.00 bits per heavy atom. The number of aryl methyl sites for hydroxylation is 1. The monoisotopic (exact) mass is 303 g/mol. The van der Waals surface area contributed by atoms with Crippen LogP contribution in [0.25, 0.3) is 0 Å². The second-order valence-electron chi connectivity index (χ2n) is 7.31. The van der Waals surface area contributed by atoms with E-state index in [2.05, 4.69) is 19.2 Å². The van der Waals surface area contributed by atoms with Gasteiger partial charge in [0.15, 0.2) is 0 Å². The van der Waals surface area contributed by atoms with Crippen molar-refractivity contribution in [2.75, 3.05) is 13.2 Å². The zero-order valence-electron chi connectivity index (χ0n) is 13.8. The molecular formula is C19H29NO2. The van der Waals surface area contributed by atoms with E-state index in [0.717, 1.165) is 23.5 Å². The molecule has 122 valence electrons. The van der Waals surface area contributed by atoms with Gasteiger partial charge < -0.3 is 15.2 Å². The lowest BCUT2D eigenvalue weighted by Crippen LogP contribution is -2.41. The predicted octanol–water partition coefficient (Wildman–Crippen LogP) is 3.15. The smallest absolute Gasteiger partial charge is 0.119 e. The van der Waals surface area contributed by atoms with E-state index < -0.39 is 6.10 Å². The largest absolute Gasteiger partial charge is 0.491 e. The molecule has 0 radical (unpaired) electrons. The van der Waals surface area contributed by atoms with E-state index >= 15 is 0 Å². The van der Waals surface area contributed by atoms with Crippen molar-refractivity contribution in [3.8, 4) is 5.75 Å². The summed E-state index contributed by atoms with van der Waals surface area (Å²) < 4.78 is 5.64. The second kappa shape index (κ2) is 7.01. The molecule has 2 aliphatic rings. The Balaban J connectivity index is 1.37. The van der Waals surface area contributed by atoms with Gasteiger partial charge in [0, 0.05) is 12.6 Å². The summed E-state index contributed by atoms with van der Waals surface area (Å²) in [6, 6.07) is 8.46. The van der Waals surface area contributed by atoms with Crippen LogP contribution < -0.4 is 10.1 Å². The molecule has 3 heteroatoms. The van der Waals surface area contributed by atoms with Crippen LogP contribution in [-0.2, 0) is 0 Å². The van der Waals surface area contributed by atoms with Crippen molar-refractivity contribution in [1.82, 2.24) is 5.32 Å². The maximum absolute atomic E-state index is 10.1. The van der Waals surface area contributed by atoms with Crippen LogP contribution >= 0.6 is 0 Å². The Labute approximate surface area is 134 Å². The molecule has 5 atom stereocenters. The third kappa shape index (κ3) is 3.82. The van der Waals surface area contributed by atoms with Gasteiger partial charge in [-0.1, -0.05) is 24.1 Å². The topological polar surface area (TPSA) is 41.5 Å². The van der Waals surface area contributed by atoms with Gasteiger partial charge in [-0.3, -0.25) is 0 Å². The van der Waals surface area contributed by atoms with Crippen LogP contribution in [0.4, 0.5) is 0 Å². The molecule has 2 N–H and O–H groups in total. The second-order valence-corrected chi connectivity index (χ2v) is 7.31. The third-order valence-electron chi connectivity index (χ3n) is 5.57. The minimum absolute atomic E-state index is 0.347. The summed E-state index contributed by atoms with van der Waals surface area (Å²) in [6.07, 6.45) is 5.23. The first kappa shape index (κ1) is 15.8. The lowest BCUT2D eigenvalue weighted by atomic mass is 9.84. The summed E-state index contributed by atoms with van der Waals surface area (Å²) in [7, 11) is 0. The first-order chi connectivity index (χ1) is 10.6. The quantitative estimate of drug-likeness (QED) is 0.813. The molecule has 0 spiro atoms. The molecule has 2 bridgehead atoms. The molecule has 0 heterocycles. The maximum Gasteiger partial charge on any atom is 0.119 e. The van der Waals surface area contributed by atoms with Gasteiger partial charge in [0.05, 0.1) is 0 Å². The van der Waals surface area contributed by atoms with E-state index in [9.17, 15) is 5.11 Å². The summed E-state index contributed by atoms with van der Waals surface area (Å²) in [4.78, 5) is 0. The average Bonchev–Trinajstić information content (AvgIpc) is 3.15. The van der Waals surface area contributed by atoms with Gasteiger partial charge in [-0.15, -0.1) is 0 Å². The molecule has 0 unspecified atom stereocenters. The van der Waals surface area contributed by atoms with Crippen molar-refractivity contribution in [2.24, 2.45) is 17.8 Å². The van der Waals surface area contributed by atoms with Crippen molar-refractivity contribution in [2.45, 2.75) is 51.7 Å². The molecule has 2 fully saturated rings. The van der Waals surface area contributed by atoms with Crippen LogP contribution in [0.2, 0.25) is 0 Å². The lowest BCUT2D eigenvalue weighted by Gasteiger charge is -2.29. The fraction of sp³-hybridized carbons (Fsp3) is 0.684. The first-order valence-corrected chi connectivity index (χ1v) is 8.72. The molecule has 3 nitrogen and oxygen atoms in total. The fourth-order valence-electron chi connectivity index (χ4n) is 4.27. The fourth-order valence-corrected chi connectivity index (χ4v) is 4.27. The highest BCUT2D eigenvalue weighted by molar-refractivity contribution is 5.26. The minimum atomic E-state index is -0.456. The first-order valence-electron chi connectivity index (χ1n) is 8.72. The number of hydrogen-bond acceptors (Lipinski definition) is 3. The molecule has 0 saturated heterocycles. The molecule has 0 aliphatic heterocycles. The van der Waals surface area contributed by atoms with Gasteiger partial charge in [-0.25, -0.2) is 0 Å². The molecule has 0 aromatic heterocycles.